The van der Waals surface area contributed by atoms with Crippen molar-refractivity contribution < 1.29 is 9.53 Å². The van der Waals surface area contributed by atoms with Crippen LogP contribution in [0.5, 0.6) is 0 Å². The van der Waals surface area contributed by atoms with E-state index in [0.717, 1.165) is 21.9 Å². The predicted octanol–water partition coefficient (Wildman–Crippen LogP) is 3.38. The number of nitrogens with two attached hydrogens (primary N) is 1. The zero-order chi connectivity index (χ0) is 20.8. The Morgan fingerprint density at radius 1 is 1.28 bits per heavy atom. The molecule has 29 heavy (non-hydrogen) atoms. The van der Waals surface area contributed by atoms with Crippen molar-refractivity contribution in [1.29, 1.82) is 0 Å². The van der Waals surface area contributed by atoms with Crippen LogP contribution in [0.15, 0.2) is 35.3 Å². The number of thiophene rings is 1. The largest absolute Gasteiger partial charge is 0.463 e. The Morgan fingerprint density at radius 2 is 2.03 bits per heavy atom. The molecule has 0 saturated heterocycles. The van der Waals surface area contributed by atoms with Crippen molar-refractivity contribution in [3.05, 3.63) is 63.0 Å². The zero-order valence-electron chi connectivity index (χ0n) is 16.3. The van der Waals surface area contributed by atoms with Crippen molar-refractivity contribution in [2.75, 3.05) is 6.61 Å². The SMILES string of the molecule is CCOC(=O)C1(N)N=C(c2ccccc2Cl)c2cc(CC)sc2-n2c(C)nnc21. The fourth-order valence-electron chi connectivity index (χ4n) is 3.32. The molecule has 1 atom stereocenters. The molecule has 0 fully saturated rings. The first-order valence-electron chi connectivity index (χ1n) is 9.27. The van der Waals surface area contributed by atoms with Gasteiger partial charge in [-0.15, -0.1) is 21.5 Å². The normalized spacial score (nSPS) is 17.9. The summed E-state index contributed by atoms with van der Waals surface area (Å²) in [6.07, 6.45) is 0.857. The Hall–Kier alpha value is -2.55. The summed E-state index contributed by atoms with van der Waals surface area (Å²) in [5, 5.41) is 9.75. The van der Waals surface area contributed by atoms with Crippen LogP contribution >= 0.6 is 22.9 Å². The van der Waals surface area contributed by atoms with Crippen LogP contribution in [-0.4, -0.2) is 33.1 Å². The molecule has 1 aromatic carbocycles. The number of nitrogens with zero attached hydrogens (tertiary/aromatic N) is 4. The summed E-state index contributed by atoms with van der Waals surface area (Å²) >= 11 is 8.09. The number of fused-ring (bicyclic) bond motifs is 3. The van der Waals surface area contributed by atoms with E-state index in [1.807, 2.05) is 25.1 Å². The van der Waals surface area contributed by atoms with Gasteiger partial charge in [0.1, 0.15) is 10.8 Å². The standard InChI is InChI=1S/C20H20ClN5O2S/c1-4-12-10-14-16(13-8-6-7-9-15(13)21)23-20(22,19(27)28-5-2)18-25-24-11(3)26(18)17(14)29-12/h6-10H,4-5,22H2,1-3H3. The number of carbonyl (C=O) groups excluding carboxylic acids is 1. The van der Waals surface area contributed by atoms with Gasteiger partial charge >= 0.3 is 5.97 Å². The Balaban J connectivity index is 2.09. The third-order valence-electron chi connectivity index (χ3n) is 4.74. The van der Waals surface area contributed by atoms with E-state index < -0.39 is 11.6 Å². The fourth-order valence-corrected chi connectivity index (χ4v) is 4.69. The van der Waals surface area contributed by atoms with E-state index in [-0.39, 0.29) is 12.4 Å². The highest BCUT2D eigenvalue weighted by atomic mass is 35.5. The minimum absolute atomic E-state index is 0.170. The molecule has 0 bridgehead atoms. The Kier molecular flexibility index (Phi) is 5.02. The van der Waals surface area contributed by atoms with E-state index in [4.69, 9.17) is 27.1 Å². The van der Waals surface area contributed by atoms with Gasteiger partial charge in [-0.05, 0) is 32.4 Å². The van der Waals surface area contributed by atoms with Crippen LogP contribution in [0, 0.1) is 6.92 Å². The van der Waals surface area contributed by atoms with Gasteiger partial charge in [0.2, 0.25) is 0 Å². The molecule has 2 N–H and O–H groups in total. The van der Waals surface area contributed by atoms with E-state index in [1.165, 1.54) is 0 Å². The molecule has 2 aromatic heterocycles. The lowest BCUT2D eigenvalue weighted by Crippen LogP contribution is -2.46. The fraction of sp³-hybridized carbons (Fsp3) is 0.300. The van der Waals surface area contributed by atoms with E-state index in [0.29, 0.717) is 22.1 Å². The quantitative estimate of drug-likeness (QED) is 0.641. The lowest BCUT2D eigenvalue weighted by Gasteiger charge is -2.22. The summed E-state index contributed by atoms with van der Waals surface area (Å²) in [6, 6.07) is 9.41. The van der Waals surface area contributed by atoms with Crippen molar-refractivity contribution in [2.24, 2.45) is 10.7 Å². The Bertz CT molecular complexity index is 1140. The Labute approximate surface area is 177 Å². The van der Waals surface area contributed by atoms with Crippen LogP contribution in [0.25, 0.3) is 5.00 Å². The van der Waals surface area contributed by atoms with Gasteiger partial charge in [0, 0.05) is 21.0 Å². The molecule has 4 rings (SSSR count). The number of esters is 1. The third-order valence-corrected chi connectivity index (χ3v) is 6.33. The van der Waals surface area contributed by atoms with Crippen molar-refractivity contribution in [3.63, 3.8) is 0 Å². The maximum absolute atomic E-state index is 12.9. The number of benzene rings is 1. The highest BCUT2D eigenvalue weighted by molar-refractivity contribution is 7.15. The molecule has 3 heterocycles. The molecular formula is C20H20ClN5O2S. The van der Waals surface area contributed by atoms with Gasteiger partial charge in [0.05, 0.1) is 12.3 Å². The summed E-state index contributed by atoms with van der Waals surface area (Å²) < 4.78 is 7.05. The maximum Gasteiger partial charge on any atom is 0.357 e. The highest BCUT2D eigenvalue weighted by Gasteiger charge is 2.46. The first kappa shape index (κ1) is 19.8. The van der Waals surface area contributed by atoms with Gasteiger partial charge in [-0.25, -0.2) is 9.79 Å². The number of aromatic nitrogens is 3. The molecule has 0 amide bonds. The third kappa shape index (κ3) is 3.08. The number of rotatable bonds is 4. The number of hydrogen-bond acceptors (Lipinski definition) is 7. The maximum atomic E-state index is 12.9. The van der Waals surface area contributed by atoms with Crippen LogP contribution < -0.4 is 5.73 Å². The summed E-state index contributed by atoms with van der Waals surface area (Å²) in [6.45, 7) is 5.79. The molecule has 0 aliphatic carbocycles. The summed E-state index contributed by atoms with van der Waals surface area (Å²) in [4.78, 5) is 18.8. The van der Waals surface area contributed by atoms with Crippen molar-refractivity contribution in [3.8, 4) is 5.00 Å². The monoisotopic (exact) mass is 429 g/mol. The Morgan fingerprint density at radius 3 is 2.72 bits per heavy atom. The van der Waals surface area contributed by atoms with E-state index in [9.17, 15) is 4.79 Å². The van der Waals surface area contributed by atoms with Crippen LogP contribution in [0.1, 0.15) is 41.5 Å². The van der Waals surface area contributed by atoms with Gasteiger partial charge in [-0.1, -0.05) is 36.7 Å². The zero-order valence-corrected chi connectivity index (χ0v) is 17.8. The van der Waals surface area contributed by atoms with Crippen molar-refractivity contribution in [1.82, 2.24) is 14.8 Å². The van der Waals surface area contributed by atoms with E-state index >= 15 is 0 Å². The molecular weight excluding hydrogens is 410 g/mol. The highest BCUT2D eigenvalue weighted by Crippen LogP contribution is 2.38. The lowest BCUT2D eigenvalue weighted by atomic mass is 10.0. The second-order valence-corrected chi connectivity index (χ2v) is 8.14. The number of halogens is 1. The molecule has 9 heteroatoms. The van der Waals surface area contributed by atoms with Gasteiger partial charge in [-0.2, -0.15) is 0 Å². The number of aryl methyl sites for hydroxylation is 2. The molecule has 1 aliphatic heterocycles. The predicted molar refractivity (Wildman–Crippen MR) is 113 cm³/mol. The molecule has 3 aromatic rings. The lowest BCUT2D eigenvalue weighted by molar-refractivity contribution is -0.150. The number of carbonyl (C=O) groups is 1. The molecule has 0 radical (unpaired) electrons. The first-order chi connectivity index (χ1) is 13.9. The number of ether oxygens (including phenoxy) is 1. The van der Waals surface area contributed by atoms with E-state index in [1.54, 1.807) is 28.9 Å². The van der Waals surface area contributed by atoms with Crippen LogP contribution in [-0.2, 0) is 21.6 Å². The number of hydrogen-bond donors (Lipinski definition) is 1. The summed E-state index contributed by atoms with van der Waals surface area (Å²) in [7, 11) is 0. The van der Waals surface area contributed by atoms with Gasteiger partial charge in [0.15, 0.2) is 5.82 Å². The average molecular weight is 430 g/mol. The first-order valence-corrected chi connectivity index (χ1v) is 10.5. The van der Waals surface area contributed by atoms with Crippen LogP contribution in [0.3, 0.4) is 0 Å². The molecule has 150 valence electrons. The minimum atomic E-state index is -1.85. The second kappa shape index (κ2) is 7.37. The second-order valence-electron chi connectivity index (χ2n) is 6.62. The van der Waals surface area contributed by atoms with Gasteiger partial charge < -0.3 is 4.74 Å². The summed E-state index contributed by atoms with van der Waals surface area (Å²) in [5.74, 6) is 0.144. The molecule has 0 saturated carbocycles. The van der Waals surface area contributed by atoms with Crippen LogP contribution in [0.2, 0.25) is 5.02 Å². The molecule has 7 nitrogen and oxygen atoms in total. The topological polar surface area (TPSA) is 95.4 Å². The number of aliphatic imine (C=N–C) groups is 1. The van der Waals surface area contributed by atoms with Crippen molar-refractivity contribution >= 4 is 34.6 Å². The van der Waals surface area contributed by atoms with Crippen LogP contribution in [0.4, 0.5) is 0 Å². The smallest absolute Gasteiger partial charge is 0.357 e. The molecule has 1 unspecified atom stereocenters. The molecule has 1 aliphatic rings. The van der Waals surface area contributed by atoms with Gasteiger partial charge in [-0.3, -0.25) is 10.3 Å². The minimum Gasteiger partial charge on any atom is -0.463 e. The summed E-state index contributed by atoms with van der Waals surface area (Å²) in [5.41, 5.74) is 6.78. The van der Waals surface area contributed by atoms with Gasteiger partial charge in [0.25, 0.3) is 5.66 Å². The van der Waals surface area contributed by atoms with Crippen molar-refractivity contribution in [2.45, 2.75) is 32.9 Å². The molecule has 0 spiro atoms. The average Bonchev–Trinajstić information content (AvgIpc) is 3.27. The van der Waals surface area contributed by atoms with E-state index in [2.05, 4.69) is 23.2 Å².